The van der Waals surface area contributed by atoms with Gasteiger partial charge in [0, 0.05) is 0 Å². The van der Waals surface area contributed by atoms with Crippen molar-refractivity contribution in [3.05, 3.63) is 74.9 Å². The summed E-state index contributed by atoms with van der Waals surface area (Å²) in [5.74, 6) is -1.76. The number of nitro groups is 1. The van der Waals surface area contributed by atoms with E-state index in [9.17, 15) is 15.2 Å². The van der Waals surface area contributed by atoms with Crippen LogP contribution in [0.25, 0.3) is 11.2 Å². The van der Waals surface area contributed by atoms with E-state index in [1.165, 1.54) is 18.2 Å². The molecule has 0 bridgehead atoms. The summed E-state index contributed by atoms with van der Waals surface area (Å²) in [6.45, 7) is 0. The molecule has 1 N–H and O–H groups in total. The number of furan rings is 1. The van der Waals surface area contributed by atoms with Crippen LogP contribution in [0.15, 0.2) is 51.3 Å². The Hall–Kier alpha value is -3.03. The molecule has 0 radical (unpaired) electrons. The highest BCUT2D eigenvalue weighted by Gasteiger charge is 2.10. The van der Waals surface area contributed by atoms with Crippen LogP contribution in [0.3, 0.4) is 0 Å². The van der Waals surface area contributed by atoms with Crippen LogP contribution in [0.2, 0.25) is 0 Å². The number of nitrogens with one attached hydrogen (secondary N) is 1. The molecule has 8 heteroatoms. The lowest BCUT2D eigenvalue weighted by molar-refractivity contribution is -0.402. The first-order valence-electron chi connectivity index (χ1n) is 5.00. The third-order valence-electron chi connectivity index (χ3n) is 2.09. The van der Waals surface area contributed by atoms with E-state index >= 15 is 0 Å². The predicted octanol–water partition coefficient (Wildman–Crippen LogP) is 1.78. The fraction of sp³-hybridized carbons (Fsp3) is 0. The Morgan fingerprint density at radius 1 is 1.53 bits per heavy atom. The zero-order chi connectivity index (χ0) is 13.8. The number of rotatable bonds is 4. The zero-order valence-corrected chi connectivity index (χ0v) is 9.36. The van der Waals surface area contributed by atoms with Crippen molar-refractivity contribution in [3.63, 3.8) is 0 Å². The van der Waals surface area contributed by atoms with Crippen LogP contribution in [0.1, 0.15) is 5.76 Å². The minimum absolute atomic E-state index is 0.141. The summed E-state index contributed by atoms with van der Waals surface area (Å²) in [5, 5.41) is 25.2. The number of hydrogen-bond acceptors (Lipinski definition) is 5. The van der Waals surface area contributed by atoms with Crippen molar-refractivity contribution in [2.45, 2.75) is 0 Å². The first-order chi connectivity index (χ1) is 9.08. The monoisotopic (exact) mass is 258 g/mol. The van der Waals surface area contributed by atoms with Crippen LogP contribution in [0.4, 0.5) is 5.88 Å². The molecule has 0 aromatic carbocycles. The van der Waals surface area contributed by atoms with Crippen LogP contribution < -0.4 is 5.11 Å². The molecule has 1 aromatic heterocycles. The minimum Gasteiger partial charge on any atom is -0.898 e. The first kappa shape index (κ1) is 12.4. The highest BCUT2D eigenvalue weighted by atomic mass is 16.6. The molecule has 1 aliphatic rings. The van der Waals surface area contributed by atoms with Gasteiger partial charge in [-0.25, -0.2) is 11.6 Å². The van der Waals surface area contributed by atoms with Gasteiger partial charge in [-0.3, -0.25) is 10.1 Å². The van der Waals surface area contributed by atoms with Crippen LogP contribution in [-0.2, 0) is 0 Å². The van der Waals surface area contributed by atoms with Crippen molar-refractivity contribution >= 4 is 11.7 Å². The molecule has 0 aliphatic heterocycles. The normalized spacial score (nSPS) is 16.7. The third kappa shape index (κ3) is 2.80. The van der Waals surface area contributed by atoms with Crippen LogP contribution >= 0.6 is 0 Å². The summed E-state index contributed by atoms with van der Waals surface area (Å²) in [4.78, 5) is 9.65. The van der Waals surface area contributed by atoms with Gasteiger partial charge in [-0.1, -0.05) is 0 Å². The standard InChI is InChI=1S/C11H7N4O4/c12-10(8-5-6-9(19-8)15(17)18)13-14-11(16)7-3-1-2-4-7/h1,3-6H,(H2-,12,13,16)/q-3/p-1. The Labute approximate surface area is 107 Å². The van der Waals surface area contributed by atoms with Gasteiger partial charge in [-0.15, -0.1) is 0 Å². The number of amidine groups is 1. The number of allylic oxidation sites excluding steroid dienone is 5. The van der Waals surface area contributed by atoms with E-state index in [0.717, 1.165) is 6.07 Å². The lowest BCUT2D eigenvalue weighted by atomic mass is 10.3. The quantitative estimate of drug-likeness (QED) is 0.203. The van der Waals surface area contributed by atoms with Crippen LogP contribution in [-0.4, -0.2) is 10.8 Å². The lowest BCUT2D eigenvalue weighted by Crippen LogP contribution is -2.04. The molecule has 2 rings (SSSR count). The summed E-state index contributed by atoms with van der Waals surface area (Å²) < 4.78 is 4.74. The Kier molecular flexibility index (Phi) is 3.33. The summed E-state index contributed by atoms with van der Waals surface area (Å²) in [5.41, 5.74) is 11.1. The fourth-order valence-corrected chi connectivity index (χ4v) is 1.21. The molecule has 0 unspecified atom stereocenters. The molecule has 1 aliphatic carbocycles. The van der Waals surface area contributed by atoms with E-state index in [-0.39, 0.29) is 5.76 Å². The van der Waals surface area contributed by atoms with E-state index in [4.69, 9.17) is 10.2 Å². The molecule has 1 aromatic rings. The summed E-state index contributed by atoms with van der Waals surface area (Å²) in [6, 6.07) is 2.30. The molecule has 0 atom stereocenters. The predicted molar refractivity (Wildman–Crippen MR) is 63.6 cm³/mol. The van der Waals surface area contributed by atoms with Crippen molar-refractivity contribution in [2.75, 3.05) is 0 Å². The van der Waals surface area contributed by atoms with E-state index in [2.05, 4.69) is 16.6 Å². The van der Waals surface area contributed by atoms with Crippen molar-refractivity contribution in [1.82, 2.24) is 0 Å². The first-order valence-corrected chi connectivity index (χ1v) is 5.00. The topological polar surface area (TPSA) is 130 Å². The average Bonchev–Trinajstić information content (AvgIpc) is 3.05. The molecule has 1 heterocycles. The Bertz CT molecular complexity index is 610. The highest BCUT2D eigenvalue weighted by molar-refractivity contribution is 6.03. The molecule has 0 saturated carbocycles. The molecule has 0 amide bonds. The van der Waals surface area contributed by atoms with Crippen LogP contribution in [0, 0.1) is 16.2 Å². The SMILES string of the molecule is [NH-]/C(=N\[N-]C([O-])=C1C=[C-]C=C1)c1ccc([N+](=O)[O-])o1. The molecule has 0 saturated heterocycles. The Balaban J connectivity index is 2.10. The zero-order valence-electron chi connectivity index (χ0n) is 9.36. The average molecular weight is 258 g/mol. The van der Waals surface area contributed by atoms with Gasteiger partial charge in [-0.05, 0) is 11.9 Å². The van der Waals surface area contributed by atoms with E-state index < -0.39 is 22.5 Å². The van der Waals surface area contributed by atoms with Crippen molar-refractivity contribution < 1.29 is 14.4 Å². The van der Waals surface area contributed by atoms with E-state index in [1.54, 1.807) is 6.08 Å². The minimum atomic E-state index is -0.737. The molecular formula is C11H6N4O4-4. The van der Waals surface area contributed by atoms with Gasteiger partial charge in [0.2, 0.25) is 0 Å². The summed E-state index contributed by atoms with van der Waals surface area (Å²) >= 11 is 0. The maximum absolute atomic E-state index is 11.4. The van der Waals surface area contributed by atoms with Crippen molar-refractivity contribution in [1.29, 1.82) is 0 Å². The van der Waals surface area contributed by atoms with Gasteiger partial charge >= 0.3 is 5.88 Å². The van der Waals surface area contributed by atoms with Gasteiger partial charge in [0.1, 0.15) is 10.7 Å². The molecule has 0 spiro atoms. The largest absolute Gasteiger partial charge is 0.898 e. The second-order valence-corrected chi connectivity index (χ2v) is 3.35. The Morgan fingerprint density at radius 3 is 2.89 bits per heavy atom. The van der Waals surface area contributed by atoms with Gasteiger partial charge in [-0.2, -0.15) is 18.2 Å². The fourth-order valence-electron chi connectivity index (χ4n) is 1.21. The van der Waals surface area contributed by atoms with Crippen molar-refractivity contribution in [3.8, 4) is 0 Å². The van der Waals surface area contributed by atoms with Gasteiger partial charge < -0.3 is 31.7 Å². The Morgan fingerprint density at radius 2 is 2.32 bits per heavy atom. The van der Waals surface area contributed by atoms with E-state index in [1.807, 2.05) is 0 Å². The third-order valence-corrected chi connectivity index (χ3v) is 2.09. The number of hydrogen-bond donors (Lipinski definition) is 0. The lowest BCUT2D eigenvalue weighted by Gasteiger charge is -2.40. The van der Waals surface area contributed by atoms with E-state index in [0.29, 0.717) is 5.57 Å². The summed E-state index contributed by atoms with van der Waals surface area (Å²) in [6.07, 6.45) is 7.16. The maximum atomic E-state index is 11.4. The van der Waals surface area contributed by atoms with Gasteiger partial charge in [0.05, 0.1) is 6.07 Å². The van der Waals surface area contributed by atoms with Crippen LogP contribution in [0.5, 0.6) is 0 Å². The molecule has 8 nitrogen and oxygen atoms in total. The van der Waals surface area contributed by atoms with Gasteiger partial charge in [0.15, 0.2) is 0 Å². The van der Waals surface area contributed by atoms with Crippen molar-refractivity contribution in [2.24, 2.45) is 5.10 Å². The number of nitrogens with zero attached hydrogens (tertiary/aromatic N) is 3. The highest BCUT2D eigenvalue weighted by Crippen LogP contribution is 2.18. The maximum Gasteiger partial charge on any atom is 0.433 e. The second kappa shape index (κ2) is 5.08. The summed E-state index contributed by atoms with van der Waals surface area (Å²) in [7, 11) is 0. The molecule has 0 fully saturated rings. The smallest absolute Gasteiger partial charge is 0.433 e. The second-order valence-electron chi connectivity index (χ2n) is 3.35. The molecule has 98 valence electrons. The molecule has 19 heavy (non-hydrogen) atoms. The van der Waals surface area contributed by atoms with Gasteiger partial charge in [0.25, 0.3) is 0 Å². The molecular weight excluding hydrogens is 252 g/mol.